The smallest absolute Gasteiger partial charge is 0.266 e. The van der Waals surface area contributed by atoms with Gasteiger partial charge in [0.1, 0.15) is 11.6 Å². The molecule has 5 heteroatoms. The normalized spacial score (nSPS) is 11.0. The van der Waals surface area contributed by atoms with E-state index in [1.54, 1.807) is 19.3 Å². The van der Waals surface area contributed by atoms with Crippen molar-refractivity contribution in [1.82, 2.24) is 0 Å². The van der Waals surface area contributed by atoms with Crippen LogP contribution in [0.5, 0.6) is 11.5 Å². The standard InChI is InChI=1S/C26H32N2O3/c1-6-7-8-9-12-31-23-11-10-21(16-24(23)30-5)15-22(17-27)26(29)28-25-19(3)13-18(2)14-20(25)4/h10-11,13-16H,6-9,12H2,1-5H3,(H,28,29)/b22-15+. The topological polar surface area (TPSA) is 71.3 Å². The van der Waals surface area contributed by atoms with Crippen molar-refractivity contribution in [3.8, 4) is 17.6 Å². The van der Waals surface area contributed by atoms with Crippen molar-refractivity contribution in [3.63, 3.8) is 0 Å². The maximum absolute atomic E-state index is 12.7. The number of anilines is 1. The average Bonchev–Trinajstić information content (AvgIpc) is 2.74. The molecule has 0 radical (unpaired) electrons. The van der Waals surface area contributed by atoms with Crippen molar-refractivity contribution >= 4 is 17.7 Å². The average molecular weight is 421 g/mol. The van der Waals surface area contributed by atoms with Crippen LogP contribution in [0.3, 0.4) is 0 Å². The van der Waals surface area contributed by atoms with E-state index in [1.165, 1.54) is 12.8 Å². The summed E-state index contributed by atoms with van der Waals surface area (Å²) in [6, 6.07) is 11.4. The minimum atomic E-state index is -0.437. The number of unbranched alkanes of at least 4 members (excludes halogenated alkanes) is 3. The third kappa shape index (κ3) is 6.89. The molecule has 0 atom stereocenters. The van der Waals surface area contributed by atoms with Gasteiger partial charge < -0.3 is 14.8 Å². The lowest BCUT2D eigenvalue weighted by Gasteiger charge is -2.13. The number of amides is 1. The summed E-state index contributed by atoms with van der Waals surface area (Å²) in [6.07, 6.45) is 6.07. The minimum absolute atomic E-state index is 0.0228. The first-order valence-electron chi connectivity index (χ1n) is 10.7. The van der Waals surface area contributed by atoms with E-state index >= 15 is 0 Å². The predicted octanol–water partition coefficient (Wildman–Crippen LogP) is 6.13. The zero-order chi connectivity index (χ0) is 22.8. The summed E-state index contributed by atoms with van der Waals surface area (Å²) >= 11 is 0. The Morgan fingerprint density at radius 2 is 1.77 bits per heavy atom. The van der Waals surface area contributed by atoms with Gasteiger partial charge in [-0.15, -0.1) is 0 Å². The van der Waals surface area contributed by atoms with E-state index in [2.05, 4.69) is 12.2 Å². The highest BCUT2D eigenvalue weighted by Crippen LogP contribution is 2.29. The summed E-state index contributed by atoms with van der Waals surface area (Å²) in [5.41, 5.74) is 4.51. The number of carbonyl (C=O) groups is 1. The summed E-state index contributed by atoms with van der Waals surface area (Å²) in [5, 5.41) is 12.4. The maximum Gasteiger partial charge on any atom is 0.266 e. The van der Waals surface area contributed by atoms with Gasteiger partial charge in [0, 0.05) is 5.69 Å². The fourth-order valence-corrected chi connectivity index (χ4v) is 3.48. The quantitative estimate of drug-likeness (QED) is 0.285. The van der Waals surface area contributed by atoms with Crippen LogP contribution in [0.1, 0.15) is 54.9 Å². The molecule has 1 amide bonds. The summed E-state index contributed by atoms with van der Waals surface area (Å²) < 4.78 is 11.3. The lowest BCUT2D eigenvalue weighted by Crippen LogP contribution is -2.15. The van der Waals surface area contributed by atoms with Crippen LogP contribution >= 0.6 is 0 Å². The SMILES string of the molecule is CCCCCCOc1ccc(/C=C(\C#N)C(=O)Nc2c(C)cc(C)cc2C)cc1OC. The molecule has 0 fully saturated rings. The van der Waals surface area contributed by atoms with Crippen LogP contribution < -0.4 is 14.8 Å². The fourth-order valence-electron chi connectivity index (χ4n) is 3.48. The number of nitrogens with one attached hydrogen (secondary N) is 1. The molecule has 0 saturated carbocycles. The molecule has 2 aromatic rings. The van der Waals surface area contributed by atoms with E-state index in [1.807, 2.05) is 51.1 Å². The molecule has 2 aromatic carbocycles. The highest BCUT2D eigenvalue weighted by atomic mass is 16.5. The Labute approximate surface area is 185 Å². The van der Waals surface area contributed by atoms with Gasteiger partial charge in [-0.2, -0.15) is 5.26 Å². The number of aryl methyl sites for hydroxylation is 3. The van der Waals surface area contributed by atoms with Crippen LogP contribution in [0.2, 0.25) is 0 Å². The molecular weight excluding hydrogens is 388 g/mol. The van der Waals surface area contributed by atoms with Crippen molar-refractivity contribution in [2.24, 2.45) is 0 Å². The molecule has 0 aliphatic carbocycles. The van der Waals surface area contributed by atoms with Crippen molar-refractivity contribution in [3.05, 3.63) is 58.2 Å². The second-order valence-corrected chi connectivity index (χ2v) is 7.72. The highest BCUT2D eigenvalue weighted by Gasteiger charge is 2.14. The van der Waals surface area contributed by atoms with Gasteiger partial charge in [-0.25, -0.2) is 0 Å². The molecule has 0 heterocycles. The van der Waals surface area contributed by atoms with E-state index in [0.717, 1.165) is 35.2 Å². The first-order valence-corrected chi connectivity index (χ1v) is 10.7. The number of methoxy groups -OCH3 is 1. The van der Waals surface area contributed by atoms with E-state index in [-0.39, 0.29) is 5.57 Å². The number of nitrogens with zero attached hydrogens (tertiary/aromatic N) is 1. The summed E-state index contributed by atoms with van der Waals surface area (Å²) in [6.45, 7) is 8.70. The zero-order valence-electron chi connectivity index (χ0n) is 19.2. The molecule has 0 unspecified atom stereocenters. The predicted molar refractivity (Wildman–Crippen MR) is 126 cm³/mol. The summed E-state index contributed by atoms with van der Waals surface area (Å²) in [4.78, 5) is 12.7. The lowest BCUT2D eigenvalue weighted by atomic mass is 10.0. The van der Waals surface area contributed by atoms with Gasteiger partial charge >= 0.3 is 0 Å². The van der Waals surface area contributed by atoms with Crippen LogP contribution in [0.25, 0.3) is 6.08 Å². The number of hydrogen-bond donors (Lipinski definition) is 1. The lowest BCUT2D eigenvalue weighted by molar-refractivity contribution is -0.112. The Morgan fingerprint density at radius 1 is 1.06 bits per heavy atom. The first-order chi connectivity index (χ1) is 14.9. The third-order valence-corrected chi connectivity index (χ3v) is 5.03. The summed E-state index contributed by atoms with van der Waals surface area (Å²) in [7, 11) is 1.58. The Bertz CT molecular complexity index is 964. The second kappa shape index (κ2) is 11.8. The van der Waals surface area contributed by atoms with E-state index in [9.17, 15) is 10.1 Å². The number of benzene rings is 2. The van der Waals surface area contributed by atoms with Crippen molar-refractivity contribution < 1.29 is 14.3 Å². The fraction of sp³-hybridized carbons (Fsp3) is 0.385. The highest BCUT2D eigenvalue weighted by molar-refractivity contribution is 6.10. The zero-order valence-corrected chi connectivity index (χ0v) is 19.2. The van der Waals surface area contributed by atoms with Gasteiger partial charge in [-0.05, 0) is 62.1 Å². The molecule has 0 saturated heterocycles. The van der Waals surface area contributed by atoms with Crippen molar-refractivity contribution in [2.45, 2.75) is 53.4 Å². The van der Waals surface area contributed by atoms with Gasteiger partial charge in [0.15, 0.2) is 11.5 Å². The van der Waals surface area contributed by atoms with E-state index in [4.69, 9.17) is 9.47 Å². The van der Waals surface area contributed by atoms with Gasteiger partial charge in [-0.3, -0.25) is 4.79 Å². The van der Waals surface area contributed by atoms with Crippen molar-refractivity contribution in [2.75, 3.05) is 19.0 Å². The molecule has 0 aliphatic heterocycles. The van der Waals surface area contributed by atoms with Crippen LogP contribution in [-0.4, -0.2) is 19.6 Å². The van der Waals surface area contributed by atoms with E-state index < -0.39 is 5.91 Å². The van der Waals surface area contributed by atoms with Gasteiger partial charge in [0.25, 0.3) is 5.91 Å². The minimum Gasteiger partial charge on any atom is -0.493 e. The number of hydrogen-bond acceptors (Lipinski definition) is 4. The molecule has 0 aromatic heterocycles. The Morgan fingerprint density at radius 3 is 2.39 bits per heavy atom. The van der Waals surface area contributed by atoms with Gasteiger partial charge in [-0.1, -0.05) is 49.9 Å². The molecule has 1 N–H and O–H groups in total. The van der Waals surface area contributed by atoms with Crippen molar-refractivity contribution in [1.29, 1.82) is 5.26 Å². The van der Waals surface area contributed by atoms with Gasteiger partial charge in [0.05, 0.1) is 13.7 Å². The Hall–Kier alpha value is -3.26. The largest absolute Gasteiger partial charge is 0.493 e. The van der Waals surface area contributed by atoms with Crippen LogP contribution in [-0.2, 0) is 4.79 Å². The van der Waals surface area contributed by atoms with E-state index in [0.29, 0.717) is 23.7 Å². The molecular formula is C26H32N2O3. The first kappa shape index (κ1) is 24.0. The molecule has 0 spiro atoms. The third-order valence-electron chi connectivity index (χ3n) is 5.03. The number of ether oxygens (including phenoxy) is 2. The second-order valence-electron chi connectivity index (χ2n) is 7.72. The van der Waals surface area contributed by atoms with Gasteiger partial charge in [0.2, 0.25) is 0 Å². The number of rotatable bonds is 10. The Kier molecular flexibility index (Phi) is 9.14. The van der Waals surface area contributed by atoms with Crippen LogP contribution in [0.15, 0.2) is 35.9 Å². The number of nitriles is 1. The van der Waals surface area contributed by atoms with Crippen LogP contribution in [0.4, 0.5) is 5.69 Å². The molecule has 2 rings (SSSR count). The molecule has 0 aliphatic rings. The van der Waals surface area contributed by atoms with Crippen LogP contribution in [0, 0.1) is 32.1 Å². The molecule has 0 bridgehead atoms. The maximum atomic E-state index is 12.7. The molecule has 164 valence electrons. The summed E-state index contributed by atoms with van der Waals surface area (Å²) in [5.74, 6) is 0.796. The monoisotopic (exact) mass is 420 g/mol. The Balaban J connectivity index is 2.16. The molecule has 5 nitrogen and oxygen atoms in total. The number of carbonyl (C=O) groups excluding carboxylic acids is 1. The molecule has 31 heavy (non-hydrogen) atoms.